The Labute approximate surface area is 152 Å². The molecule has 0 spiro atoms. The molecular formula is C22H19N3O. The molecule has 0 aliphatic rings. The summed E-state index contributed by atoms with van der Waals surface area (Å²) in [4.78, 5) is 9.47. The lowest BCUT2D eigenvalue weighted by Gasteiger charge is -2.11. The molecular weight excluding hydrogens is 322 g/mol. The first kappa shape index (κ1) is 16.2. The van der Waals surface area contributed by atoms with Crippen LogP contribution in [0.3, 0.4) is 0 Å². The van der Waals surface area contributed by atoms with Crippen LogP contribution in [0.15, 0.2) is 78.9 Å². The van der Waals surface area contributed by atoms with Crippen molar-refractivity contribution >= 4 is 22.4 Å². The van der Waals surface area contributed by atoms with Gasteiger partial charge in [0.05, 0.1) is 5.52 Å². The molecule has 0 amide bonds. The number of fused-ring (bicyclic) bond motifs is 1. The van der Waals surface area contributed by atoms with Gasteiger partial charge in [0.1, 0.15) is 5.82 Å². The molecule has 0 fully saturated rings. The van der Waals surface area contributed by atoms with E-state index in [0.717, 1.165) is 33.5 Å². The van der Waals surface area contributed by atoms with Crippen LogP contribution in [0.1, 0.15) is 5.56 Å². The van der Waals surface area contributed by atoms with E-state index in [1.807, 2.05) is 78.9 Å². The Kier molecular flexibility index (Phi) is 4.58. The predicted octanol–water partition coefficient (Wildman–Crippen LogP) is 4.58. The summed E-state index contributed by atoms with van der Waals surface area (Å²) in [5.74, 6) is 1.48. The van der Waals surface area contributed by atoms with Crippen LogP contribution in [0, 0.1) is 0 Å². The average molecular weight is 341 g/mol. The summed E-state index contributed by atoms with van der Waals surface area (Å²) in [6.45, 7) is 0.157. The maximum absolute atomic E-state index is 9.05. The number of nitrogens with zero attached hydrogens (tertiary/aromatic N) is 2. The molecule has 128 valence electrons. The van der Waals surface area contributed by atoms with E-state index in [2.05, 4.69) is 5.32 Å². The SMILES string of the molecule is OCCc1ccc(Nc2nc(-c3ccccc3)nc3ccccc23)cc1. The van der Waals surface area contributed by atoms with Crippen LogP contribution in [-0.2, 0) is 6.42 Å². The summed E-state index contributed by atoms with van der Waals surface area (Å²) in [5, 5.41) is 13.4. The minimum absolute atomic E-state index is 0.157. The van der Waals surface area contributed by atoms with Gasteiger partial charge in [-0.3, -0.25) is 0 Å². The van der Waals surface area contributed by atoms with Crippen LogP contribution in [0.5, 0.6) is 0 Å². The molecule has 2 N–H and O–H groups in total. The lowest BCUT2D eigenvalue weighted by Crippen LogP contribution is -1.99. The fourth-order valence-corrected chi connectivity index (χ4v) is 2.91. The lowest BCUT2D eigenvalue weighted by molar-refractivity contribution is 0.299. The normalized spacial score (nSPS) is 10.8. The van der Waals surface area contributed by atoms with Gasteiger partial charge in [-0.05, 0) is 36.2 Å². The monoisotopic (exact) mass is 341 g/mol. The second-order valence-corrected chi connectivity index (χ2v) is 6.07. The van der Waals surface area contributed by atoms with Gasteiger partial charge in [0.25, 0.3) is 0 Å². The van der Waals surface area contributed by atoms with Gasteiger partial charge in [-0.25, -0.2) is 9.97 Å². The molecule has 4 nitrogen and oxygen atoms in total. The first-order valence-electron chi connectivity index (χ1n) is 8.62. The number of hydrogen-bond acceptors (Lipinski definition) is 4. The average Bonchev–Trinajstić information content (AvgIpc) is 2.70. The second-order valence-electron chi connectivity index (χ2n) is 6.07. The van der Waals surface area contributed by atoms with E-state index in [1.54, 1.807) is 0 Å². The van der Waals surface area contributed by atoms with E-state index in [4.69, 9.17) is 15.1 Å². The lowest BCUT2D eigenvalue weighted by atomic mass is 10.1. The van der Waals surface area contributed by atoms with Crippen molar-refractivity contribution in [1.29, 1.82) is 0 Å². The first-order chi connectivity index (χ1) is 12.8. The molecule has 3 aromatic carbocycles. The zero-order valence-electron chi connectivity index (χ0n) is 14.3. The number of nitrogens with one attached hydrogen (secondary N) is 1. The topological polar surface area (TPSA) is 58.0 Å². The fraction of sp³-hybridized carbons (Fsp3) is 0.0909. The van der Waals surface area contributed by atoms with Gasteiger partial charge in [0, 0.05) is 23.2 Å². The summed E-state index contributed by atoms with van der Waals surface area (Å²) in [5.41, 5.74) is 3.95. The van der Waals surface area contributed by atoms with Gasteiger partial charge in [0.2, 0.25) is 0 Å². The largest absolute Gasteiger partial charge is 0.396 e. The Balaban J connectivity index is 1.75. The number of aliphatic hydroxyl groups is 1. The summed E-state index contributed by atoms with van der Waals surface area (Å²) >= 11 is 0. The summed E-state index contributed by atoms with van der Waals surface area (Å²) in [6, 6.07) is 26.0. The number of aliphatic hydroxyl groups excluding tert-OH is 1. The molecule has 0 aliphatic heterocycles. The summed E-state index contributed by atoms with van der Waals surface area (Å²) in [7, 11) is 0. The second kappa shape index (κ2) is 7.33. The smallest absolute Gasteiger partial charge is 0.162 e. The molecule has 0 saturated heterocycles. The van der Waals surface area contributed by atoms with Gasteiger partial charge >= 0.3 is 0 Å². The molecule has 0 aliphatic carbocycles. The quantitative estimate of drug-likeness (QED) is 0.558. The predicted molar refractivity (Wildman–Crippen MR) is 105 cm³/mol. The molecule has 0 radical (unpaired) electrons. The highest BCUT2D eigenvalue weighted by atomic mass is 16.2. The Bertz CT molecular complexity index is 1010. The van der Waals surface area contributed by atoms with Gasteiger partial charge < -0.3 is 10.4 Å². The van der Waals surface area contributed by atoms with Crippen molar-refractivity contribution in [3.63, 3.8) is 0 Å². The Morgan fingerprint density at radius 2 is 1.50 bits per heavy atom. The fourth-order valence-electron chi connectivity index (χ4n) is 2.91. The van der Waals surface area contributed by atoms with Crippen molar-refractivity contribution in [3.05, 3.63) is 84.4 Å². The molecule has 26 heavy (non-hydrogen) atoms. The summed E-state index contributed by atoms with van der Waals surface area (Å²) < 4.78 is 0. The molecule has 4 rings (SSSR count). The highest BCUT2D eigenvalue weighted by molar-refractivity contribution is 5.92. The zero-order chi connectivity index (χ0) is 17.8. The number of hydrogen-bond donors (Lipinski definition) is 2. The maximum atomic E-state index is 9.05. The Morgan fingerprint density at radius 1 is 0.769 bits per heavy atom. The highest BCUT2D eigenvalue weighted by Gasteiger charge is 2.09. The first-order valence-corrected chi connectivity index (χ1v) is 8.62. The van der Waals surface area contributed by atoms with Crippen molar-refractivity contribution in [2.45, 2.75) is 6.42 Å². The van der Waals surface area contributed by atoms with Crippen LogP contribution in [0.4, 0.5) is 11.5 Å². The Hall–Kier alpha value is -3.24. The van der Waals surface area contributed by atoms with Crippen LogP contribution in [-0.4, -0.2) is 21.7 Å². The minimum Gasteiger partial charge on any atom is -0.396 e. The third-order valence-electron chi connectivity index (χ3n) is 4.25. The van der Waals surface area contributed by atoms with E-state index in [0.29, 0.717) is 12.2 Å². The van der Waals surface area contributed by atoms with Crippen LogP contribution < -0.4 is 5.32 Å². The van der Waals surface area contributed by atoms with E-state index in [9.17, 15) is 0 Å². The molecule has 0 atom stereocenters. The molecule has 0 saturated carbocycles. The number of anilines is 2. The number of para-hydroxylation sites is 1. The van der Waals surface area contributed by atoms with Crippen molar-refractivity contribution in [2.24, 2.45) is 0 Å². The van der Waals surface area contributed by atoms with Crippen molar-refractivity contribution in [2.75, 3.05) is 11.9 Å². The van der Waals surface area contributed by atoms with Crippen LogP contribution in [0.2, 0.25) is 0 Å². The molecule has 1 heterocycles. The third-order valence-corrected chi connectivity index (χ3v) is 4.25. The van der Waals surface area contributed by atoms with E-state index < -0.39 is 0 Å². The molecule has 4 aromatic rings. The van der Waals surface area contributed by atoms with Gasteiger partial charge in [-0.1, -0.05) is 54.6 Å². The highest BCUT2D eigenvalue weighted by Crippen LogP contribution is 2.27. The minimum atomic E-state index is 0.157. The van der Waals surface area contributed by atoms with Crippen LogP contribution >= 0.6 is 0 Å². The number of benzene rings is 3. The molecule has 0 bridgehead atoms. The number of aromatic nitrogens is 2. The van der Waals surface area contributed by atoms with Crippen molar-refractivity contribution < 1.29 is 5.11 Å². The van der Waals surface area contributed by atoms with Crippen LogP contribution in [0.25, 0.3) is 22.3 Å². The zero-order valence-corrected chi connectivity index (χ0v) is 14.3. The number of rotatable bonds is 5. The Morgan fingerprint density at radius 3 is 2.27 bits per heavy atom. The van der Waals surface area contributed by atoms with Gasteiger partial charge in [-0.2, -0.15) is 0 Å². The van der Waals surface area contributed by atoms with E-state index in [-0.39, 0.29) is 6.61 Å². The molecule has 4 heteroatoms. The van der Waals surface area contributed by atoms with Crippen molar-refractivity contribution in [3.8, 4) is 11.4 Å². The van der Waals surface area contributed by atoms with E-state index >= 15 is 0 Å². The maximum Gasteiger partial charge on any atom is 0.162 e. The van der Waals surface area contributed by atoms with E-state index in [1.165, 1.54) is 0 Å². The van der Waals surface area contributed by atoms with Gasteiger partial charge in [0.15, 0.2) is 5.82 Å². The summed E-state index contributed by atoms with van der Waals surface area (Å²) in [6.07, 6.45) is 0.662. The molecule has 1 aromatic heterocycles. The third kappa shape index (κ3) is 3.41. The molecule has 0 unspecified atom stereocenters. The standard InChI is InChI=1S/C22H19N3O/c26-15-14-16-10-12-18(13-11-16)23-22-19-8-4-5-9-20(19)24-21(25-22)17-6-2-1-3-7-17/h1-13,26H,14-15H2,(H,23,24,25). The van der Waals surface area contributed by atoms with Gasteiger partial charge in [-0.15, -0.1) is 0 Å². The van der Waals surface area contributed by atoms with Crippen molar-refractivity contribution in [1.82, 2.24) is 9.97 Å².